The van der Waals surface area contributed by atoms with Crippen LogP contribution in [0.25, 0.3) is 0 Å². The number of halogens is 1. The molecule has 13 heteroatoms. The van der Waals surface area contributed by atoms with E-state index in [4.69, 9.17) is 23.7 Å². The molecule has 2 aliphatic heterocycles. The number of ether oxygens (including phenoxy) is 5. The molecule has 35 heavy (non-hydrogen) atoms. The van der Waals surface area contributed by atoms with Crippen LogP contribution < -0.4 is 11.2 Å². The van der Waals surface area contributed by atoms with Crippen LogP contribution in [0.5, 0.6) is 0 Å². The molecule has 0 aromatic carbocycles. The first-order valence-electron chi connectivity index (χ1n) is 11.5. The number of alkyl halides is 1. The molecule has 1 aromatic heterocycles. The van der Waals surface area contributed by atoms with E-state index in [9.17, 15) is 24.0 Å². The maximum Gasteiger partial charge on any atom is 0.509 e. The zero-order valence-corrected chi connectivity index (χ0v) is 19.3. The van der Waals surface area contributed by atoms with Gasteiger partial charge in [-0.3, -0.25) is 19.0 Å². The van der Waals surface area contributed by atoms with Crippen molar-refractivity contribution in [3.8, 4) is 0 Å². The molecule has 0 radical (unpaired) electrons. The lowest BCUT2D eigenvalue weighted by molar-refractivity contribution is -0.221. The normalized spacial score (nSPS) is 28.3. The highest BCUT2D eigenvalue weighted by Crippen LogP contribution is 2.45. The second kappa shape index (κ2) is 9.80. The lowest BCUT2D eigenvalue weighted by Crippen LogP contribution is -2.43. The van der Waals surface area contributed by atoms with Gasteiger partial charge in [0.1, 0.15) is 0 Å². The van der Waals surface area contributed by atoms with E-state index in [-0.39, 0.29) is 5.92 Å². The third-order valence-corrected chi connectivity index (χ3v) is 6.30. The smallest absolute Gasteiger partial charge is 0.459 e. The Morgan fingerprint density at radius 3 is 2.54 bits per heavy atom. The summed E-state index contributed by atoms with van der Waals surface area (Å²) in [4.78, 5) is 61.1. The van der Waals surface area contributed by atoms with E-state index in [1.54, 1.807) is 13.8 Å². The predicted molar refractivity (Wildman–Crippen MR) is 113 cm³/mol. The van der Waals surface area contributed by atoms with Crippen molar-refractivity contribution >= 4 is 18.1 Å². The Kier molecular flexibility index (Phi) is 6.97. The number of carbonyl (C=O) groups excluding carboxylic acids is 3. The third kappa shape index (κ3) is 4.95. The molecule has 1 saturated carbocycles. The zero-order chi connectivity index (χ0) is 25.3. The Labute approximate surface area is 198 Å². The molecule has 0 unspecified atom stereocenters. The Bertz CT molecular complexity index is 1110. The van der Waals surface area contributed by atoms with E-state index in [1.807, 2.05) is 0 Å². The highest BCUT2D eigenvalue weighted by atomic mass is 19.2. The summed E-state index contributed by atoms with van der Waals surface area (Å²) in [5.41, 5.74) is -1.77. The van der Waals surface area contributed by atoms with Crippen LogP contribution in [0.15, 0.2) is 21.9 Å². The summed E-state index contributed by atoms with van der Waals surface area (Å²) in [5.74, 6) is -4.84. The average Bonchev–Trinajstić information content (AvgIpc) is 3.34. The van der Waals surface area contributed by atoms with Crippen LogP contribution >= 0.6 is 0 Å². The summed E-state index contributed by atoms with van der Waals surface area (Å²) in [6, 6.07) is 0.988. The van der Waals surface area contributed by atoms with Crippen LogP contribution in [-0.2, 0) is 40.0 Å². The number of rotatable bonds is 7. The molecule has 4 atom stereocenters. The fraction of sp³-hybridized carbons (Fsp3) is 0.682. The predicted octanol–water partition coefficient (Wildman–Crippen LogP) is 1.39. The standard InChI is InChI=1S/C22H27FN2O10/c1-12(2)18(27)32-11-25-14(26)8-9-24(20(25)29)17-15-16(34-21(30)33-15)22(23,35-17)10-31-19(28)13-6-4-3-5-7-13/h8-9,12-13,15-17H,3-7,10-11H2,1-2H3/t15-,16+,17-,22-/m1/s1. The maximum absolute atomic E-state index is 15.8. The first-order valence-corrected chi connectivity index (χ1v) is 11.5. The van der Waals surface area contributed by atoms with Crippen LogP contribution in [0, 0.1) is 11.8 Å². The van der Waals surface area contributed by atoms with Gasteiger partial charge in [-0.15, -0.1) is 0 Å². The number of hydrogen-bond acceptors (Lipinski definition) is 10. The van der Waals surface area contributed by atoms with Gasteiger partial charge in [-0.2, -0.15) is 0 Å². The maximum atomic E-state index is 15.8. The van der Waals surface area contributed by atoms with Crippen LogP contribution in [0.2, 0.25) is 0 Å². The third-order valence-electron chi connectivity index (χ3n) is 6.30. The molecular weight excluding hydrogens is 471 g/mol. The molecule has 4 rings (SSSR count). The topological polar surface area (TPSA) is 141 Å². The SMILES string of the molecule is CC(C)C(=O)OCn1c(=O)ccn([C@@H]2O[C@](F)(COC(=O)C3CCCCC3)[C@H]3OC(=O)O[C@@H]23)c1=O. The van der Waals surface area contributed by atoms with Crippen molar-refractivity contribution in [3.05, 3.63) is 33.1 Å². The van der Waals surface area contributed by atoms with Crippen LogP contribution in [0.1, 0.15) is 52.2 Å². The second-order valence-corrected chi connectivity index (χ2v) is 9.13. The molecule has 1 aliphatic carbocycles. The van der Waals surface area contributed by atoms with Crippen LogP contribution in [0.3, 0.4) is 0 Å². The number of fused-ring (bicyclic) bond motifs is 1. The first-order chi connectivity index (χ1) is 16.6. The van der Waals surface area contributed by atoms with E-state index < -0.39 is 72.9 Å². The summed E-state index contributed by atoms with van der Waals surface area (Å²) in [6.07, 6.45) is -0.640. The van der Waals surface area contributed by atoms with Gasteiger partial charge in [-0.1, -0.05) is 33.1 Å². The van der Waals surface area contributed by atoms with Crippen molar-refractivity contribution in [3.63, 3.8) is 0 Å². The molecule has 2 saturated heterocycles. The quantitative estimate of drug-likeness (QED) is 0.400. The van der Waals surface area contributed by atoms with Crippen molar-refractivity contribution in [2.24, 2.45) is 11.8 Å². The van der Waals surface area contributed by atoms with Crippen molar-refractivity contribution in [1.29, 1.82) is 0 Å². The molecule has 3 heterocycles. The number of hydrogen-bond donors (Lipinski definition) is 0. The molecule has 3 aliphatic rings. The molecule has 12 nitrogen and oxygen atoms in total. The molecule has 0 spiro atoms. The summed E-state index contributed by atoms with van der Waals surface area (Å²) < 4.78 is 42.8. The van der Waals surface area contributed by atoms with Crippen molar-refractivity contribution in [2.45, 2.75) is 77.0 Å². The number of carbonyl (C=O) groups is 3. The molecule has 0 amide bonds. The van der Waals surface area contributed by atoms with Gasteiger partial charge in [0.25, 0.3) is 11.4 Å². The van der Waals surface area contributed by atoms with E-state index in [0.717, 1.165) is 36.1 Å². The minimum absolute atomic E-state index is 0.345. The van der Waals surface area contributed by atoms with E-state index in [2.05, 4.69) is 0 Å². The minimum atomic E-state index is -2.80. The van der Waals surface area contributed by atoms with Gasteiger partial charge in [-0.05, 0) is 12.8 Å². The van der Waals surface area contributed by atoms with Gasteiger partial charge in [0.2, 0.25) is 6.10 Å². The van der Waals surface area contributed by atoms with Gasteiger partial charge >= 0.3 is 23.8 Å². The Morgan fingerprint density at radius 1 is 1.14 bits per heavy atom. The first kappa shape index (κ1) is 24.9. The highest BCUT2D eigenvalue weighted by Gasteiger charge is 2.65. The zero-order valence-electron chi connectivity index (χ0n) is 19.3. The number of nitrogens with zero attached hydrogens (tertiary/aromatic N) is 2. The fourth-order valence-corrected chi connectivity index (χ4v) is 4.34. The Hall–Kier alpha value is -3.22. The largest absolute Gasteiger partial charge is 0.509 e. The van der Waals surface area contributed by atoms with E-state index >= 15 is 4.39 Å². The van der Waals surface area contributed by atoms with Gasteiger partial charge in [0, 0.05) is 12.3 Å². The van der Waals surface area contributed by atoms with Crippen LogP contribution in [0.4, 0.5) is 9.18 Å². The summed E-state index contributed by atoms with van der Waals surface area (Å²) in [6.45, 7) is 1.61. The number of esters is 2. The van der Waals surface area contributed by atoms with Gasteiger partial charge in [0.05, 0.1) is 11.8 Å². The molecule has 3 fully saturated rings. The lowest BCUT2D eigenvalue weighted by Gasteiger charge is -2.25. The summed E-state index contributed by atoms with van der Waals surface area (Å²) in [7, 11) is 0. The lowest BCUT2D eigenvalue weighted by atomic mass is 9.89. The highest BCUT2D eigenvalue weighted by molar-refractivity contribution is 5.72. The van der Waals surface area contributed by atoms with Gasteiger partial charge in [-0.25, -0.2) is 18.5 Å². The molecule has 0 N–H and O–H groups in total. The summed E-state index contributed by atoms with van der Waals surface area (Å²) in [5, 5.41) is 0. The summed E-state index contributed by atoms with van der Waals surface area (Å²) >= 11 is 0. The fourth-order valence-electron chi connectivity index (χ4n) is 4.34. The average molecular weight is 498 g/mol. The Morgan fingerprint density at radius 2 is 1.86 bits per heavy atom. The molecule has 1 aromatic rings. The monoisotopic (exact) mass is 498 g/mol. The number of aromatic nitrogens is 2. The Balaban J connectivity index is 1.55. The molecule has 0 bridgehead atoms. The van der Waals surface area contributed by atoms with Crippen molar-refractivity contribution < 1.29 is 42.5 Å². The van der Waals surface area contributed by atoms with Crippen LogP contribution in [-0.4, -0.2) is 51.9 Å². The second-order valence-electron chi connectivity index (χ2n) is 9.13. The van der Waals surface area contributed by atoms with E-state index in [0.29, 0.717) is 17.4 Å². The van der Waals surface area contributed by atoms with Gasteiger partial charge < -0.3 is 23.7 Å². The minimum Gasteiger partial charge on any atom is -0.459 e. The molecular formula is C22H27FN2O10. The van der Waals surface area contributed by atoms with E-state index in [1.165, 1.54) is 0 Å². The van der Waals surface area contributed by atoms with Gasteiger partial charge in [0.15, 0.2) is 25.7 Å². The van der Waals surface area contributed by atoms with Crippen molar-refractivity contribution in [2.75, 3.05) is 6.61 Å². The van der Waals surface area contributed by atoms with Crippen molar-refractivity contribution in [1.82, 2.24) is 9.13 Å². The molecule has 192 valence electrons.